The highest BCUT2D eigenvalue weighted by Crippen LogP contribution is 2.20. The number of rotatable bonds is 6. The smallest absolute Gasteiger partial charge is 0.321 e. The third-order valence-electron chi connectivity index (χ3n) is 4.62. The zero-order chi connectivity index (χ0) is 20.1. The molecule has 150 valence electrons. The lowest BCUT2D eigenvalue weighted by Gasteiger charge is -2.19. The van der Waals surface area contributed by atoms with E-state index in [0.717, 1.165) is 16.6 Å². The van der Waals surface area contributed by atoms with Gasteiger partial charge in [-0.15, -0.1) is 0 Å². The minimum absolute atomic E-state index is 0.0862. The van der Waals surface area contributed by atoms with Crippen LogP contribution in [0.25, 0.3) is 0 Å². The highest BCUT2D eigenvalue weighted by atomic mass is 32.2. The molecule has 28 heavy (non-hydrogen) atoms. The van der Waals surface area contributed by atoms with Gasteiger partial charge in [0, 0.05) is 37.6 Å². The minimum Gasteiger partial charge on any atom is -0.380 e. The molecule has 1 aliphatic rings. The molecule has 0 bridgehead atoms. The minimum atomic E-state index is -3.71. The lowest BCUT2D eigenvalue weighted by molar-refractivity contribution is -0.0258. The number of hydrogen-bond donors (Lipinski definition) is 2. The van der Waals surface area contributed by atoms with Crippen LogP contribution in [0.15, 0.2) is 59.5 Å². The number of amides is 2. The molecular formula is C19H24N4O4S. The van der Waals surface area contributed by atoms with E-state index in [-0.39, 0.29) is 17.0 Å². The summed E-state index contributed by atoms with van der Waals surface area (Å²) in [6, 6.07) is 15.9. The molecule has 3 rings (SSSR count). The fraction of sp³-hybridized carbons (Fsp3) is 0.316. The molecule has 8 nitrogen and oxygen atoms in total. The van der Waals surface area contributed by atoms with Crippen molar-refractivity contribution in [3.8, 4) is 0 Å². The van der Waals surface area contributed by atoms with Crippen molar-refractivity contribution in [3.05, 3.63) is 54.6 Å². The van der Waals surface area contributed by atoms with Crippen LogP contribution in [0, 0.1) is 0 Å². The van der Waals surface area contributed by atoms with E-state index in [9.17, 15) is 13.2 Å². The predicted octanol–water partition coefficient (Wildman–Crippen LogP) is 2.59. The van der Waals surface area contributed by atoms with Gasteiger partial charge in [-0.2, -0.15) is 0 Å². The molecular weight excluding hydrogens is 380 g/mol. The molecule has 9 heteroatoms. The van der Waals surface area contributed by atoms with Crippen molar-refractivity contribution in [2.75, 3.05) is 37.9 Å². The molecule has 0 aromatic heterocycles. The number of carbonyl (C=O) groups excluding carboxylic acids is 1. The van der Waals surface area contributed by atoms with Crippen molar-refractivity contribution in [1.82, 2.24) is 9.37 Å². The number of nitrogens with one attached hydrogen (secondary N) is 2. The van der Waals surface area contributed by atoms with Crippen LogP contribution in [0.2, 0.25) is 0 Å². The number of hydroxylamine groups is 1. The number of sulfonamides is 1. The number of anilines is 2. The van der Waals surface area contributed by atoms with Crippen LogP contribution in [-0.2, 0) is 14.9 Å². The van der Waals surface area contributed by atoms with Crippen LogP contribution >= 0.6 is 0 Å². The highest BCUT2D eigenvalue weighted by Gasteiger charge is 2.26. The molecule has 2 aromatic rings. The molecule has 2 N–H and O–H groups in total. The first kappa shape index (κ1) is 20.1. The van der Waals surface area contributed by atoms with Crippen molar-refractivity contribution >= 4 is 27.4 Å². The number of benzene rings is 2. The summed E-state index contributed by atoms with van der Waals surface area (Å²) in [5.41, 5.74) is 1.57. The Morgan fingerprint density at radius 2 is 1.79 bits per heavy atom. The Bertz CT molecular complexity index is 903. The first-order valence-corrected chi connectivity index (χ1v) is 10.3. The summed E-state index contributed by atoms with van der Waals surface area (Å²) >= 11 is 0. The van der Waals surface area contributed by atoms with Gasteiger partial charge >= 0.3 is 6.03 Å². The fourth-order valence-electron chi connectivity index (χ4n) is 2.99. The molecule has 0 aliphatic carbocycles. The van der Waals surface area contributed by atoms with E-state index in [1.54, 1.807) is 17.0 Å². The van der Waals surface area contributed by atoms with Crippen LogP contribution in [0.4, 0.5) is 16.2 Å². The molecule has 1 fully saturated rings. The first-order valence-electron chi connectivity index (χ1n) is 8.91. The van der Waals surface area contributed by atoms with Gasteiger partial charge in [0.1, 0.15) is 0 Å². The van der Waals surface area contributed by atoms with E-state index in [1.807, 2.05) is 30.3 Å². The van der Waals surface area contributed by atoms with Crippen LogP contribution in [0.1, 0.15) is 6.42 Å². The van der Waals surface area contributed by atoms with Gasteiger partial charge in [0.25, 0.3) is 10.0 Å². The van der Waals surface area contributed by atoms with Gasteiger partial charge in [0.2, 0.25) is 0 Å². The first-order chi connectivity index (χ1) is 13.4. The van der Waals surface area contributed by atoms with Gasteiger partial charge < -0.3 is 15.5 Å². The maximum atomic E-state index is 12.5. The van der Waals surface area contributed by atoms with E-state index in [4.69, 9.17) is 4.84 Å². The number of para-hydroxylation sites is 1. The lowest BCUT2D eigenvalue weighted by Crippen LogP contribution is -2.35. The zero-order valence-corrected chi connectivity index (χ0v) is 16.6. The Labute approximate surface area is 165 Å². The van der Waals surface area contributed by atoms with Gasteiger partial charge in [-0.3, -0.25) is 4.84 Å². The quantitative estimate of drug-likeness (QED) is 0.722. The molecule has 0 saturated carbocycles. The maximum Gasteiger partial charge on any atom is 0.321 e. The van der Waals surface area contributed by atoms with Crippen molar-refractivity contribution in [1.29, 1.82) is 0 Å². The summed E-state index contributed by atoms with van der Waals surface area (Å²) in [6.45, 7) is 1.26. The summed E-state index contributed by atoms with van der Waals surface area (Å²) in [4.78, 5) is 19.1. The number of nitrogens with zero attached hydrogens (tertiary/aromatic N) is 2. The average Bonchev–Trinajstić information content (AvgIpc) is 3.17. The summed E-state index contributed by atoms with van der Waals surface area (Å²) in [7, 11) is -1.11. The second-order valence-electron chi connectivity index (χ2n) is 6.49. The Morgan fingerprint density at radius 3 is 2.43 bits per heavy atom. The third kappa shape index (κ3) is 4.61. The van der Waals surface area contributed by atoms with Crippen molar-refractivity contribution in [3.63, 3.8) is 0 Å². The number of likely N-dealkylation sites (tertiary alicyclic amines) is 1. The molecule has 2 aromatic carbocycles. The van der Waals surface area contributed by atoms with Crippen LogP contribution in [0.5, 0.6) is 0 Å². The van der Waals surface area contributed by atoms with E-state index >= 15 is 0 Å². The van der Waals surface area contributed by atoms with Crippen LogP contribution < -0.4 is 10.6 Å². The molecule has 1 heterocycles. The topological polar surface area (TPSA) is 91.0 Å². The number of urea groups is 1. The number of carbonyl (C=O) groups is 1. The molecule has 0 spiro atoms. The van der Waals surface area contributed by atoms with Gasteiger partial charge in [0.05, 0.1) is 12.0 Å². The van der Waals surface area contributed by atoms with E-state index in [1.165, 1.54) is 26.3 Å². The largest absolute Gasteiger partial charge is 0.380 e. The normalized spacial score (nSPS) is 17.0. The monoisotopic (exact) mass is 404 g/mol. The van der Waals surface area contributed by atoms with Crippen LogP contribution in [0.3, 0.4) is 0 Å². The Balaban J connectivity index is 1.56. The van der Waals surface area contributed by atoms with Gasteiger partial charge in [-0.1, -0.05) is 22.7 Å². The lowest BCUT2D eigenvalue weighted by atomic mass is 10.2. The fourth-order valence-corrected chi connectivity index (χ4v) is 3.97. The predicted molar refractivity (Wildman–Crippen MR) is 107 cm³/mol. The maximum absolute atomic E-state index is 12.5. The molecule has 1 aliphatic heterocycles. The SMILES string of the molecule is CON(C)S(=O)(=O)c1ccc(NC(=O)N2CCC(Nc3ccccc3)C2)cc1. The number of hydrogen-bond acceptors (Lipinski definition) is 5. The van der Waals surface area contributed by atoms with Crippen molar-refractivity contribution in [2.24, 2.45) is 0 Å². The van der Waals surface area contributed by atoms with Crippen LogP contribution in [-0.4, -0.2) is 57.1 Å². The zero-order valence-electron chi connectivity index (χ0n) is 15.8. The molecule has 2 amide bonds. The van der Waals surface area contributed by atoms with E-state index < -0.39 is 10.0 Å². The van der Waals surface area contributed by atoms with Gasteiger partial charge in [-0.25, -0.2) is 13.2 Å². The van der Waals surface area contributed by atoms with E-state index in [0.29, 0.717) is 18.8 Å². The molecule has 1 unspecified atom stereocenters. The highest BCUT2D eigenvalue weighted by molar-refractivity contribution is 7.89. The average molecular weight is 404 g/mol. The summed E-state index contributed by atoms with van der Waals surface area (Å²) in [6.07, 6.45) is 0.864. The molecule has 1 saturated heterocycles. The standard InChI is InChI=1S/C19H24N4O4S/c1-22(27-2)28(25,26)18-10-8-16(9-11-18)21-19(24)23-13-12-17(14-23)20-15-6-4-3-5-7-15/h3-11,17,20H,12-14H2,1-2H3,(H,21,24). The van der Waals surface area contributed by atoms with Crippen molar-refractivity contribution in [2.45, 2.75) is 17.4 Å². The van der Waals surface area contributed by atoms with Gasteiger partial charge in [-0.05, 0) is 42.8 Å². The summed E-state index contributed by atoms with van der Waals surface area (Å²) < 4.78 is 25.2. The second kappa shape index (κ2) is 8.59. The Morgan fingerprint density at radius 1 is 1.11 bits per heavy atom. The third-order valence-corrected chi connectivity index (χ3v) is 6.31. The summed E-state index contributed by atoms with van der Waals surface area (Å²) in [5, 5.41) is 6.23. The Kier molecular flexibility index (Phi) is 6.18. The molecule has 1 atom stereocenters. The Hall–Kier alpha value is -2.62. The van der Waals surface area contributed by atoms with E-state index in [2.05, 4.69) is 10.6 Å². The van der Waals surface area contributed by atoms with Gasteiger partial charge in [0.15, 0.2) is 0 Å². The molecule has 0 radical (unpaired) electrons. The second-order valence-corrected chi connectivity index (χ2v) is 8.43. The summed E-state index contributed by atoms with van der Waals surface area (Å²) in [5.74, 6) is 0. The van der Waals surface area contributed by atoms with Crippen molar-refractivity contribution < 1.29 is 18.0 Å².